The maximum absolute atomic E-state index is 3.80. The van der Waals surface area contributed by atoms with Gasteiger partial charge in [0.15, 0.2) is 0 Å². The van der Waals surface area contributed by atoms with Crippen LogP contribution in [0, 0.1) is 0 Å². The van der Waals surface area contributed by atoms with E-state index >= 15 is 0 Å². The lowest BCUT2D eigenvalue weighted by molar-refractivity contribution is 1.38. The van der Waals surface area contributed by atoms with Gasteiger partial charge in [0.1, 0.15) is 17.3 Å². The molecule has 0 saturated heterocycles. The molecule has 74 valence electrons. The summed E-state index contributed by atoms with van der Waals surface area (Å²) in [7, 11) is 0.388. The highest BCUT2D eigenvalue weighted by atomic mass is 32.2. The fourth-order valence-electron chi connectivity index (χ4n) is 1.33. The molecule has 0 aromatic heterocycles. The summed E-state index contributed by atoms with van der Waals surface area (Å²) >= 11 is 0. The summed E-state index contributed by atoms with van der Waals surface area (Å²) in [5.41, 5.74) is 1.42. The molecule has 0 atom stereocenters. The van der Waals surface area contributed by atoms with E-state index in [0.29, 0.717) is 10.9 Å². The van der Waals surface area contributed by atoms with Gasteiger partial charge in [0.2, 0.25) is 0 Å². The molecule has 0 aliphatic rings. The van der Waals surface area contributed by atoms with Gasteiger partial charge >= 0.3 is 0 Å². The molecule has 0 unspecified atom stereocenters. The number of hydrogen-bond donors (Lipinski definition) is 0. The minimum Gasteiger partial charge on any atom is -0.0985 e. The average molecular weight is 205 g/mol. The SMILES string of the molecule is C=CC[S+](CC=C)Cc1ccccc1. The van der Waals surface area contributed by atoms with Crippen molar-refractivity contribution >= 4 is 10.9 Å². The van der Waals surface area contributed by atoms with Gasteiger partial charge in [-0.15, -0.1) is 0 Å². The van der Waals surface area contributed by atoms with Crippen LogP contribution in [0.5, 0.6) is 0 Å². The van der Waals surface area contributed by atoms with E-state index in [0.717, 1.165) is 17.3 Å². The van der Waals surface area contributed by atoms with Gasteiger partial charge in [-0.3, -0.25) is 0 Å². The predicted molar refractivity (Wildman–Crippen MR) is 67.6 cm³/mol. The molecule has 1 rings (SSSR count). The molecule has 0 amide bonds. The fourth-order valence-corrected chi connectivity index (χ4v) is 3.03. The highest BCUT2D eigenvalue weighted by Gasteiger charge is 2.14. The van der Waals surface area contributed by atoms with Crippen molar-refractivity contribution in [2.75, 3.05) is 11.5 Å². The highest BCUT2D eigenvalue weighted by molar-refractivity contribution is 7.96. The normalized spacial score (nSPS) is 10.1. The van der Waals surface area contributed by atoms with Gasteiger partial charge in [-0.05, 0) is 23.0 Å². The number of hydrogen-bond acceptors (Lipinski definition) is 0. The van der Waals surface area contributed by atoms with Crippen LogP contribution in [0.3, 0.4) is 0 Å². The van der Waals surface area contributed by atoms with Gasteiger partial charge in [-0.1, -0.05) is 43.5 Å². The van der Waals surface area contributed by atoms with Crippen molar-refractivity contribution in [3.8, 4) is 0 Å². The third kappa shape index (κ3) is 3.84. The third-order valence-electron chi connectivity index (χ3n) is 1.92. The van der Waals surface area contributed by atoms with E-state index in [4.69, 9.17) is 0 Å². The average Bonchev–Trinajstić information content (AvgIpc) is 2.20. The smallest absolute Gasteiger partial charge is 0.0985 e. The molecule has 0 fully saturated rings. The maximum Gasteiger partial charge on any atom is 0.133 e. The van der Waals surface area contributed by atoms with E-state index in [1.165, 1.54) is 5.56 Å². The summed E-state index contributed by atoms with van der Waals surface area (Å²) in [6.45, 7) is 7.59. The Balaban J connectivity index is 2.54. The Morgan fingerprint density at radius 2 is 1.57 bits per heavy atom. The monoisotopic (exact) mass is 205 g/mol. The van der Waals surface area contributed by atoms with E-state index in [-0.39, 0.29) is 0 Å². The van der Waals surface area contributed by atoms with E-state index in [2.05, 4.69) is 43.5 Å². The predicted octanol–water partition coefficient (Wildman–Crippen LogP) is 3.18. The van der Waals surface area contributed by atoms with Gasteiger partial charge in [0, 0.05) is 5.56 Å². The molecule has 1 aromatic rings. The molecule has 1 aromatic carbocycles. The van der Waals surface area contributed by atoms with Crippen LogP contribution in [0.2, 0.25) is 0 Å². The summed E-state index contributed by atoms with van der Waals surface area (Å²) in [5.74, 6) is 3.35. The van der Waals surface area contributed by atoms with Crippen LogP contribution in [-0.4, -0.2) is 11.5 Å². The van der Waals surface area contributed by atoms with Crippen LogP contribution < -0.4 is 0 Å². The first-order valence-corrected chi connectivity index (χ1v) is 6.50. The zero-order valence-electron chi connectivity index (χ0n) is 8.49. The largest absolute Gasteiger partial charge is 0.133 e. The van der Waals surface area contributed by atoms with E-state index < -0.39 is 0 Å². The molecule has 0 N–H and O–H groups in total. The molecule has 0 aliphatic carbocycles. The first kappa shape index (κ1) is 11.1. The standard InChI is InChI=1S/C13H17S/c1-3-10-14(11-4-2)12-13-8-6-5-7-9-13/h3-9H,1-2,10-12H2/q+1. The minimum absolute atomic E-state index is 0.388. The van der Waals surface area contributed by atoms with Crippen molar-refractivity contribution in [3.63, 3.8) is 0 Å². The maximum atomic E-state index is 3.80. The Morgan fingerprint density at radius 3 is 2.07 bits per heavy atom. The fraction of sp³-hybridized carbons (Fsp3) is 0.231. The summed E-state index contributed by atoms with van der Waals surface area (Å²) in [6, 6.07) is 10.6. The Bertz CT molecular complexity index is 267. The summed E-state index contributed by atoms with van der Waals surface area (Å²) in [6.07, 6.45) is 4.02. The number of rotatable bonds is 6. The Hall–Kier alpha value is -0.950. The lowest BCUT2D eigenvalue weighted by Gasteiger charge is -2.04. The van der Waals surface area contributed by atoms with Gasteiger partial charge in [-0.25, -0.2) is 0 Å². The molecule has 14 heavy (non-hydrogen) atoms. The van der Waals surface area contributed by atoms with Gasteiger partial charge in [-0.2, -0.15) is 0 Å². The second-order valence-corrected chi connectivity index (χ2v) is 5.33. The molecule has 0 spiro atoms. The third-order valence-corrected chi connectivity index (χ3v) is 4.08. The van der Waals surface area contributed by atoms with Crippen LogP contribution in [-0.2, 0) is 16.6 Å². The lowest BCUT2D eigenvalue weighted by atomic mass is 10.2. The molecule has 1 heteroatoms. The molecular weight excluding hydrogens is 188 g/mol. The highest BCUT2D eigenvalue weighted by Crippen LogP contribution is 2.09. The van der Waals surface area contributed by atoms with Crippen molar-refractivity contribution < 1.29 is 0 Å². The van der Waals surface area contributed by atoms with Crippen molar-refractivity contribution in [1.29, 1.82) is 0 Å². The zero-order chi connectivity index (χ0) is 10.2. The lowest BCUT2D eigenvalue weighted by Crippen LogP contribution is -2.11. The summed E-state index contributed by atoms with van der Waals surface area (Å²) in [4.78, 5) is 0. The molecule has 0 heterocycles. The quantitative estimate of drug-likeness (QED) is 0.494. The van der Waals surface area contributed by atoms with Gasteiger partial charge in [0.25, 0.3) is 0 Å². The van der Waals surface area contributed by atoms with Crippen molar-refractivity contribution in [3.05, 3.63) is 61.2 Å². The molecule has 0 saturated carbocycles. The zero-order valence-corrected chi connectivity index (χ0v) is 9.30. The first-order chi connectivity index (χ1) is 6.86. The van der Waals surface area contributed by atoms with Crippen LogP contribution in [0.15, 0.2) is 55.6 Å². The first-order valence-electron chi connectivity index (χ1n) is 4.76. The van der Waals surface area contributed by atoms with Crippen LogP contribution in [0.25, 0.3) is 0 Å². The van der Waals surface area contributed by atoms with Crippen LogP contribution in [0.4, 0.5) is 0 Å². The van der Waals surface area contributed by atoms with Crippen molar-refractivity contribution in [2.24, 2.45) is 0 Å². The second kappa shape index (κ2) is 6.50. The molecule has 0 bridgehead atoms. The van der Waals surface area contributed by atoms with Gasteiger partial charge < -0.3 is 0 Å². The van der Waals surface area contributed by atoms with Gasteiger partial charge in [0.05, 0.1) is 0 Å². The molecule has 0 nitrogen and oxygen atoms in total. The Kier molecular flexibility index (Phi) is 5.16. The Morgan fingerprint density at radius 1 is 1.00 bits per heavy atom. The summed E-state index contributed by atoms with van der Waals surface area (Å²) < 4.78 is 0. The van der Waals surface area contributed by atoms with Crippen LogP contribution in [0.1, 0.15) is 5.56 Å². The summed E-state index contributed by atoms with van der Waals surface area (Å²) in [5, 5.41) is 0. The number of benzene rings is 1. The van der Waals surface area contributed by atoms with E-state index in [1.807, 2.05) is 12.2 Å². The minimum atomic E-state index is 0.388. The van der Waals surface area contributed by atoms with E-state index in [9.17, 15) is 0 Å². The topological polar surface area (TPSA) is 0 Å². The molecule has 0 aliphatic heterocycles. The Labute approximate surface area is 89.7 Å². The molecular formula is C13H17S+. The second-order valence-electron chi connectivity index (χ2n) is 3.15. The van der Waals surface area contributed by atoms with E-state index in [1.54, 1.807) is 0 Å². The molecule has 0 radical (unpaired) electrons. The van der Waals surface area contributed by atoms with Crippen molar-refractivity contribution in [1.82, 2.24) is 0 Å². The van der Waals surface area contributed by atoms with Crippen LogP contribution >= 0.6 is 0 Å². The van der Waals surface area contributed by atoms with Crippen molar-refractivity contribution in [2.45, 2.75) is 5.75 Å².